The van der Waals surface area contributed by atoms with Gasteiger partial charge in [-0.25, -0.2) is 4.79 Å². The Labute approximate surface area is 203 Å². The van der Waals surface area contributed by atoms with Crippen LogP contribution in [0.1, 0.15) is 75.8 Å². The van der Waals surface area contributed by atoms with Gasteiger partial charge < -0.3 is 20.3 Å². The predicted molar refractivity (Wildman–Crippen MR) is 127 cm³/mol. The SMILES string of the molecule is C[C@@](CO)(NC(=O)O)c1ccc2c(C(F)(F)F)c(OC3CCC(C4CCCCC4)CC3)ccc2c1. The van der Waals surface area contributed by atoms with Gasteiger partial charge in [0, 0.05) is 0 Å². The van der Waals surface area contributed by atoms with Gasteiger partial charge in [-0.3, -0.25) is 0 Å². The molecule has 8 heteroatoms. The van der Waals surface area contributed by atoms with Gasteiger partial charge in [0.15, 0.2) is 0 Å². The van der Waals surface area contributed by atoms with Crippen LogP contribution < -0.4 is 10.1 Å². The van der Waals surface area contributed by atoms with E-state index in [0.29, 0.717) is 16.9 Å². The van der Waals surface area contributed by atoms with Gasteiger partial charge in [0.05, 0.1) is 18.2 Å². The smallest absolute Gasteiger partial charge is 0.420 e. The molecule has 0 saturated heterocycles. The lowest BCUT2D eigenvalue weighted by Gasteiger charge is -2.36. The minimum absolute atomic E-state index is 0.00902. The summed E-state index contributed by atoms with van der Waals surface area (Å²) in [7, 11) is 0. The number of halogens is 3. The highest BCUT2D eigenvalue weighted by Gasteiger charge is 2.38. The van der Waals surface area contributed by atoms with E-state index in [1.807, 2.05) is 0 Å². The molecule has 1 atom stereocenters. The first-order valence-corrected chi connectivity index (χ1v) is 12.5. The number of carboxylic acid groups (broad SMARTS) is 1. The molecule has 0 bridgehead atoms. The van der Waals surface area contributed by atoms with Crippen molar-refractivity contribution < 1.29 is 32.9 Å². The van der Waals surface area contributed by atoms with Gasteiger partial charge in [-0.1, -0.05) is 50.3 Å². The van der Waals surface area contributed by atoms with Crippen LogP contribution >= 0.6 is 0 Å². The number of fused-ring (bicyclic) bond motifs is 1. The molecule has 2 aliphatic rings. The molecule has 3 N–H and O–H groups in total. The van der Waals surface area contributed by atoms with Crippen LogP contribution in [0.5, 0.6) is 5.75 Å². The summed E-state index contributed by atoms with van der Waals surface area (Å²) >= 11 is 0. The third-order valence-electron chi connectivity index (χ3n) is 7.93. The number of alkyl halides is 3. The average Bonchev–Trinajstić information content (AvgIpc) is 2.83. The molecule has 2 saturated carbocycles. The van der Waals surface area contributed by atoms with Crippen molar-refractivity contribution in [3.8, 4) is 5.75 Å². The highest BCUT2D eigenvalue weighted by molar-refractivity contribution is 5.89. The molecule has 192 valence electrons. The molecule has 4 rings (SSSR count). The number of aliphatic hydroxyl groups is 1. The summed E-state index contributed by atoms with van der Waals surface area (Å²) in [5, 5.41) is 21.4. The number of benzene rings is 2. The zero-order chi connectivity index (χ0) is 25.2. The lowest BCUT2D eigenvalue weighted by Crippen LogP contribution is -2.45. The van der Waals surface area contributed by atoms with E-state index in [-0.39, 0.29) is 17.2 Å². The van der Waals surface area contributed by atoms with Crippen molar-refractivity contribution in [2.75, 3.05) is 6.61 Å². The Morgan fingerprint density at radius 2 is 1.66 bits per heavy atom. The quantitative estimate of drug-likeness (QED) is 0.411. The molecule has 0 unspecified atom stereocenters. The molecule has 0 heterocycles. The fraction of sp³-hybridized carbons (Fsp3) is 0.593. The van der Waals surface area contributed by atoms with Crippen LogP contribution in [0.4, 0.5) is 18.0 Å². The number of rotatable bonds is 6. The molecule has 0 spiro atoms. The summed E-state index contributed by atoms with van der Waals surface area (Å²) in [6, 6.07) is 7.16. The number of carbonyl (C=O) groups is 1. The van der Waals surface area contributed by atoms with Gasteiger partial charge in [-0.05, 0) is 72.9 Å². The first kappa shape index (κ1) is 25.6. The van der Waals surface area contributed by atoms with Gasteiger partial charge >= 0.3 is 12.3 Å². The van der Waals surface area contributed by atoms with Crippen molar-refractivity contribution >= 4 is 16.9 Å². The second kappa shape index (κ2) is 10.2. The summed E-state index contributed by atoms with van der Waals surface area (Å²) in [6.45, 7) is 0.940. The van der Waals surface area contributed by atoms with Crippen LogP contribution in [0.3, 0.4) is 0 Å². The highest BCUT2D eigenvalue weighted by atomic mass is 19.4. The van der Waals surface area contributed by atoms with Crippen LogP contribution in [0.25, 0.3) is 10.8 Å². The second-order valence-electron chi connectivity index (χ2n) is 10.3. The van der Waals surface area contributed by atoms with Gasteiger partial charge in [-0.2, -0.15) is 13.2 Å². The summed E-state index contributed by atoms with van der Waals surface area (Å²) in [6.07, 6.45) is 3.81. The first-order chi connectivity index (χ1) is 16.6. The normalized spacial score (nSPS) is 23.6. The van der Waals surface area contributed by atoms with Gasteiger partial charge in [0.2, 0.25) is 0 Å². The van der Waals surface area contributed by atoms with Crippen molar-refractivity contribution in [3.05, 3.63) is 41.5 Å². The Hall–Kier alpha value is -2.48. The Balaban J connectivity index is 1.57. The second-order valence-corrected chi connectivity index (χ2v) is 10.3. The molecule has 2 aromatic rings. The molecule has 1 amide bonds. The number of nitrogens with one attached hydrogen (secondary N) is 1. The van der Waals surface area contributed by atoms with E-state index >= 15 is 0 Å². The van der Waals surface area contributed by atoms with E-state index in [1.54, 1.807) is 6.07 Å². The van der Waals surface area contributed by atoms with Crippen molar-refractivity contribution in [1.29, 1.82) is 0 Å². The molecular formula is C27H34F3NO4. The number of aliphatic hydroxyl groups excluding tert-OH is 1. The number of hydrogen-bond acceptors (Lipinski definition) is 3. The fourth-order valence-corrected chi connectivity index (χ4v) is 5.95. The topological polar surface area (TPSA) is 78.8 Å². The Bertz CT molecular complexity index is 1040. The molecule has 0 aromatic heterocycles. The standard InChI is InChI=1S/C27H34F3NO4/c1-26(16-32,31-25(33)34)20-10-13-22-19(15-20)9-14-23(24(22)27(28,29)30)35-21-11-7-18(8-12-21)17-5-3-2-4-6-17/h9-10,13-15,17-18,21,31-32H,2-8,11-12,16H2,1H3,(H,33,34)/t18?,21?,26-/m0/s1. The summed E-state index contributed by atoms with van der Waals surface area (Å²) in [5.41, 5.74) is -1.78. The van der Waals surface area contributed by atoms with Crippen molar-refractivity contribution in [1.82, 2.24) is 5.32 Å². The zero-order valence-electron chi connectivity index (χ0n) is 20.0. The van der Waals surface area contributed by atoms with Gasteiger partial charge in [-0.15, -0.1) is 0 Å². The molecule has 2 fully saturated rings. The highest BCUT2D eigenvalue weighted by Crippen LogP contribution is 2.44. The largest absolute Gasteiger partial charge is 0.490 e. The number of ether oxygens (including phenoxy) is 1. The van der Waals surface area contributed by atoms with E-state index < -0.39 is 30.0 Å². The summed E-state index contributed by atoms with van der Waals surface area (Å²) in [4.78, 5) is 11.2. The third-order valence-corrected chi connectivity index (χ3v) is 7.93. The lowest BCUT2D eigenvalue weighted by atomic mass is 9.73. The Morgan fingerprint density at radius 3 is 2.26 bits per heavy atom. The monoisotopic (exact) mass is 493 g/mol. The zero-order valence-corrected chi connectivity index (χ0v) is 20.0. The molecule has 5 nitrogen and oxygen atoms in total. The molecule has 0 radical (unpaired) electrons. The maximum atomic E-state index is 14.2. The van der Waals surface area contributed by atoms with Gasteiger partial charge in [0.25, 0.3) is 0 Å². The summed E-state index contributed by atoms with van der Waals surface area (Å²) < 4.78 is 48.6. The fourth-order valence-electron chi connectivity index (χ4n) is 5.95. The predicted octanol–water partition coefficient (Wildman–Crippen LogP) is 6.85. The van der Waals surface area contributed by atoms with E-state index in [0.717, 1.165) is 31.6 Å². The van der Waals surface area contributed by atoms with Crippen LogP contribution in [0.15, 0.2) is 30.3 Å². The molecule has 2 aromatic carbocycles. The number of hydrogen-bond donors (Lipinski definition) is 3. The van der Waals surface area contributed by atoms with Crippen LogP contribution in [-0.2, 0) is 11.7 Å². The van der Waals surface area contributed by atoms with Crippen molar-refractivity contribution in [2.24, 2.45) is 11.8 Å². The third kappa shape index (κ3) is 5.68. The minimum Gasteiger partial charge on any atom is -0.490 e. The maximum Gasteiger partial charge on any atom is 0.420 e. The molecule has 0 aliphatic heterocycles. The average molecular weight is 494 g/mol. The number of amides is 1. The minimum atomic E-state index is -4.62. The van der Waals surface area contributed by atoms with Crippen molar-refractivity contribution in [2.45, 2.75) is 82.5 Å². The van der Waals surface area contributed by atoms with Crippen LogP contribution in [0.2, 0.25) is 0 Å². The Morgan fingerprint density at radius 1 is 1.00 bits per heavy atom. The molecular weight excluding hydrogens is 459 g/mol. The van der Waals surface area contributed by atoms with Gasteiger partial charge in [0.1, 0.15) is 11.3 Å². The first-order valence-electron chi connectivity index (χ1n) is 12.5. The van der Waals surface area contributed by atoms with E-state index in [9.17, 15) is 23.1 Å². The Kier molecular flexibility index (Phi) is 7.50. The van der Waals surface area contributed by atoms with E-state index in [2.05, 4.69) is 5.32 Å². The molecule has 2 aliphatic carbocycles. The van der Waals surface area contributed by atoms with Crippen molar-refractivity contribution in [3.63, 3.8) is 0 Å². The lowest BCUT2D eigenvalue weighted by molar-refractivity contribution is -0.138. The maximum absolute atomic E-state index is 14.2. The van der Waals surface area contributed by atoms with Crippen LogP contribution in [0, 0.1) is 11.8 Å². The summed E-state index contributed by atoms with van der Waals surface area (Å²) in [5.74, 6) is 1.26. The van der Waals surface area contributed by atoms with E-state index in [1.165, 1.54) is 63.3 Å². The van der Waals surface area contributed by atoms with E-state index in [4.69, 9.17) is 9.84 Å². The molecule has 35 heavy (non-hydrogen) atoms. The van der Waals surface area contributed by atoms with Crippen LogP contribution in [-0.4, -0.2) is 29.0 Å².